The Morgan fingerprint density at radius 2 is 1.92 bits per heavy atom. The molecule has 0 atom stereocenters. The van der Waals surface area contributed by atoms with E-state index < -0.39 is 0 Å². The Hall–Kier alpha value is -3.75. The fourth-order valence-electron chi connectivity index (χ4n) is 5.92. The summed E-state index contributed by atoms with van der Waals surface area (Å²) in [6.45, 7) is 7.44. The summed E-state index contributed by atoms with van der Waals surface area (Å²) in [6, 6.07) is 9.27. The lowest BCUT2D eigenvalue weighted by atomic mass is 9.83. The third kappa shape index (κ3) is 4.37. The Balaban J connectivity index is 1.53. The number of carbonyl (C=O) groups is 1. The van der Waals surface area contributed by atoms with Crippen LogP contribution >= 0.6 is 11.3 Å². The minimum absolute atomic E-state index is 0.0346. The Labute approximate surface area is 232 Å². The van der Waals surface area contributed by atoms with Crippen molar-refractivity contribution >= 4 is 40.3 Å². The maximum absolute atomic E-state index is 13.5. The number of phenols is 1. The third-order valence-corrected chi connectivity index (χ3v) is 8.48. The fraction of sp³-hybridized carbons (Fsp3) is 0.323. The van der Waals surface area contributed by atoms with Crippen LogP contribution in [0.5, 0.6) is 17.2 Å². The van der Waals surface area contributed by atoms with Crippen molar-refractivity contribution in [3.8, 4) is 28.4 Å². The predicted molar refractivity (Wildman–Crippen MR) is 155 cm³/mol. The zero-order valence-electron chi connectivity index (χ0n) is 22.5. The van der Waals surface area contributed by atoms with Crippen LogP contribution < -0.4 is 14.8 Å². The van der Waals surface area contributed by atoms with E-state index in [-0.39, 0.29) is 23.3 Å². The topological polar surface area (TPSA) is 91.3 Å². The number of thiophene rings is 1. The molecule has 0 radical (unpaired) electrons. The van der Waals surface area contributed by atoms with Gasteiger partial charge in [-0.05, 0) is 74.9 Å². The number of benzene rings is 2. The molecule has 1 fully saturated rings. The molecule has 7 nitrogen and oxygen atoms in total. The van der Waals surface area contributed by atoms with E-state index in [0.717, 1.165) is 32.8 Å². The van der Waals surface area contributed by atoms with Crippen LogP contribution in [-0.2, 0) is 0 Å². The van der Waals surface area contributed by atoms with E-state index in [0.29, 0.717) is 54.3 Å². The number of likely N-dealkylation sites (tertiary alicyclic amines) is 1. The number of aliphatic hydroxyl groups excluding tert-OH is 1. The van der Waals surface area contributed by atoms with Crippen molar-refractivity contribution in [2.75, 3.05) is 25.5 Å². The first-order valence-electron chi connectivity index (χ1n) is 13.2. The first-order chi connectivity index (χ1) is 18.7. The summed E-state index contributed by atoms with van der Waals surface area (Å²) >= 11 is 1.49. The molecule has 8 heteroatoms. The molecular formula is C31H32N2O5S. The number of aliphatic hydroxyl groups is 1. The average molecular weight is 545 g/mol. The first-order valence-corrected chi connectivity index (χ1v) is 14.0. The first kappa shape index (κ1) is 25.5. The molecule has 0 aliphatic carbocycles. The van der Waals surface area contributed by atoms with Crippen LogP contribution in [0.1, 0.15) is 60.0 Å². The Bertz CT molecular complexity index is 1540. The van der Waals surface area contributed by atoms with Crippen LogP contribution in [0.4, 0.5) is 5.69 Å². The van der Waals surface area contributed by atoms with Crippen molar-refractivity contribution in [1.29, 1.82) is 0 Å². The summed E-state index contributed by atoms with van der Waals surface area (Å²) in [7, 11) is 1.54. The van der Waals surface area contributed by atoms with Gasteiger partial charge in [-0.15, -0.1) is 11.3 Å². The van der Waals surface area contributed by atoms with Gasteiger partial charge in [-0.1, -0.05) is 12.1 Å². The summed E-state index contributed by atoms with van der Waals surface area (Å²) in [5.41, 5.74) is 5.99. The van der Waals surface area contributed by atoms with Gasteiger partial charge in [0, 0.05) is 40.3 Å². The van der Waals surface area contributed by atoms with Crippen LogP contribution in [0.15, 0.2) is 41.8 Å². The van der Waals surface area contributed by atoms with Crippen molar-refractivity contribution in [2.24, 2.45) is 0 Å². The molecule has 202 valence electrons. The number of fused-ring (bicyclic) bond motifs is 5. The van der Waals surface area contributed by atoms with Gasteiger partial charge in [0.05, 0.1) is 29.9 Å². The largest absolute Gasteiger partial charge is 0.504 e. The summed E-state index contributed by atoms with van der Waals surface area (Å²) in [6.07, 6.45) is 4.99. The molecule has 2 aromatic carbocycles. The maximum atomic E-state index is 13.5. The molecule has 3 N–H and O–H groups in total. The van der Waals surface area contributed by atoms with E-state index in [4.69, 9.17) is 9.47 Å². The summed E-state index contributed by atoms with van der Waals surface area (Å²) < 4.78 is 12.2. The van der Waals surface area contributed by atoms with Crippen LogP contribution in [0.3, 0.4) is 0 Å². The number of hydrogen-bond donors (Lipinski definition) is 3. The van der Waals surface area contributed by atoms with Crippen molar-refractivity contribution in [3.05, 3.63) is 63.4 Å². The van der Waals surface area contributed by atoms with Crippen molar-refractivity contribution in [3.63, 3.8) is 0 Å². The van der Waals surface area contributed by atoms with E-state index in [2.05, 4.69) is 38.2 Å². The average Bonchev–Trinajstić information content (AvgIpc) is 3.36. The summed E-state index contributed by atoms with van der Waals surface area (Å²) in [4.78, 5) is 16.1. The number of phenolic OH excluding ortho intramolecular Hbond substituents is 1. The van der Waals surface area contributed by atoms with Crippen molar-refractivity contribution in [1.82, 2.24) is 4.90 Å². The van der Waals surface area contributed by atoms with Crippen LogP contribution in [0.25, 0.3) is 28.5 Å². The highest BCUT2D eigenvalue weighted by Crippen LogP contribution is 2.54. The number of carbonyl (C=O) groups excluding carboxylic acids is 1. The second-order valence-electron chi connectivity index (χ2n) is 10.9. The lowest BCUT2D eigenvalue weighted by Crippen LogP contribution is -2.40. The summed E-state index contributed by atoms with van der Waals surface area (Å²) in [5.74, 6) is 1.57. The van der Waals surface area contributed by atoms with Gasteiger partial charge in [-0.2, -0.15) is 0 Å². The van der Waals surface area contributed by atoms with Gasteiger partial charge in [-0.3, -0.25) is 4.79 Å². The zero-order chi connectivity index (χ0) is 27.5. The molecule has 6 rings (SSSR count). The lowest BCUT2D eigenvalue weighted by molar-refractivity contribution is 0.0547. The normalized spacial score (nSPS) is 18.8. The van der Waals surface area contributed by atoms with E-state index >= 15 is 0 Å². The molecule has 1 amide bonds. The number of amides is 1. The number of aromatic hydroxyl groups is 1. The number of nitrogens with zero attached hydrogens (tertiary/aromatic N) is 1. The molecule has 0 bridgehead atoms. The van der Waals surface area contributed by atoms with Gasteiger partial charge in [0.2, 0.25) is 0 Å². The molecule has 1 saturated heterocycles. The fourth-order valence-corrected chi connectivity index (χ4v) is 6.72. The van der Waals surface area contributed by atoms with Crippen molar-refractivity contribution in [2.45, 2.75) is 45.3 Å². The Morgan fingerprint density at radius 3 is 2.67 bits per heavy atom. The van der Waals surface area contributed by atoms with Gasteiger partial charge in [-0.25, -0.2) is 0 Å². The maximum Gasteiger partial charge on any atom is 0.255 e. The molecule has 0 spiro atoms. The van der Waals surface area contributed by atoms with Gasteiger partial charge in [0.25, 0.3) is 5.91 Å². The highest BCUT2D eigenvalue weighted by molar-refractivity contribution is 7.11. The van der Waals surface area contributed by atoms with Crippen LogP contribution in [0, 0.1) is 0 Å². The minimum Gasteiger partial charge on any atom is -0.504 e. The SMILES string of the molecule is COc1c(O)ccc2c1-c1ccc3c(c1/C(=C/c1sccc1C(=O)N1CCC(O)CC1)O2)C(C)=CC(C)(C)N3. The van der Waals surface area contributed by atoms with Gasteiger partial charge < -0.3 is 29.9 Å². The highest BCUT2D eigenvalue weighted by atomic mass is 32.1. The molecule has 0 saturated carbocycles. The number of hydrogen-bond acceptors (Lipinski definition) is 7. The molecular weight excluding hydrogens is 512 g/mol. The number of methoxy groups -OCH3 is 1. The van der Waals surface area contributed by atoms with Crippen molar-refractivity contribution < 1.29 is 24.5 Å². The molecule has 3 aromatic rings. The predicted octanol–water partition coefficient (Wildman–Crippen LogP) is 6.22. The van der Waals surface area contributed by atoms with Gasteiger partial charge >= 0.3 is 0 Å². The number of nitrogens with one attached hydrogen (secondary N) is 1. The lowest BCUT2D eigenvalue weighted by Gasteiger charge is -2.35. The second-order valence-corrected chi connectivity index (χ2v) is 11.9. The Kier molecular flexibility index (Phi) is 6.19. The molecule has 39 heavy (non-hydrogen) atoms. The number of piperidine rings is 1. The number of anilines is 1. The van der Waals surface area contributed by atoms with Gasteiger partial charge in [0.15, 0.2) is 11.5 Å². The molecule has 3 aliphatic heterocycles. The second kappa shape index (κ2) is 9.47. The zero-order valence-corrected chi connectivity index (χ0v) is 23.3. The summed E-state index contributed by atoms with van der Waals surface area (Å²) in [5, 5.41) is 26.0. The van der Waals surface area contributed by atoms with E-state index in [1.54, 1.807) is 12.1 Å². The number of ether oxygens (including phenoxy) is 2. The molecule has 1 aromatic heterocycles. The standard InChI is InChI=1S/C31H32N2O5S/c1-17-16-31(2,3)32-21-6-5-20-27(26(17)21)24(38-23-8-7-22(35)29(37-4)28(20)23)15-25-19(11-14-39-25)30(36)33-12-9-18(34)10-13-33/h5-8,11,14-16,18,32,34-35H,9-10,12-13H2,1-4H3/b24-15-. The van der Waals surface area contributed by atoms with E-state index in [1.165, 1.54) is 18.4 Å². The molecule has 4 heterocycles. The van der Waals surface area contributed by atoms with E-state index in [1.807, 2.05) is 28.5 Å². The smallest absolute Gasteiger partial charge is 0.255 e. The highest BCUT2D eigenvalue weighted by Gasteiger charge is 2.34. The molecule has 0 unspecified atom stereocenters. The number of rotatable bonds is 3. The van der Waals surface area contributed by atoms with Crippen LogP contribution in [0.2, 0.25) is 0 Å². The van der Waals surface area contributed by atoms with Gasteiger partial charge in [0.1, 0.15) is 11.5 Å². The Morgan fingerprint density at radius 1 is 1.15 bits per heavy atom. The third-order valence-electron chi connectivity index (χ3n) is 7.61. The minimum atomic E-state index is -0.345. The number of allylic oxidation sites excluding steroid dienone is 1. The van der Waals surface area contributed by atoms with Crippen LogP contribution in [-0.4, -0.2) is 52.9 Å². The monoisotopic (exact) mass is 544 g/mol. The molecule has 3 aliphatic rings. The van der Waals surface area contributed by atoms with E-state index in [9.17, 15) is 15.0 Å². The quantitative estimate of drug-likeness (QED) is 0.362.